The van der Waals surface area contributed by atoms with Crippen molar-refractivity contribution in [3.05, 3.63) is 0 Å². The molecule has 2 nitrogen and oxygen atoms in total. The van der Waals surface area contributed by atoms with Gasteiger partial charge in [-0.25, -0.2) is 0 Å². The minimum Gasteiger partial charge on any atom is -0.372 e. The Morgan fingerprint density at radius 2 is 1.84 bits per heavy atom. The minimum atomic E-state index is 0.305. The predicted octanol–water partition coefficient (Wildman–Crippen LogP) is 3.89. The van der Waals surface area contributed by atoms with Gasteiger partial charge in [0.05, 0.1) is 11.7 Å². The van der Waals surface area contributed by atoms with Crippen LogP contribution in [0.5, 0.6) is 0 Å². The fourth-order valence-corrected chi connectivity index (χ4v) is 4.80. The van der Waals surface area contributed by atoms with E-state index in [0.29, 0.717) is 17.1 Å². The van der Waals surface area contributed by atoms with Crippen LogP contribution in [0, 0.1) is 11.3 Å². The van der Waals surface area contributed by atoms with Crippen LogP contribution < -0.4 is 5.32 Å². The first kappa shape index (κ1) is 13.9. The van der Waals surface area contributed by atoms with Crippen molar-refractivity contribution in [2.75, 3.05) is 13.1 Å². The van der Waals surface area contributed by atoms with Crippen LogP contribution in [0.1, 0.15) is 71.6 Å². The second kappa shape index (κ2) is 5.37. The van der Waals surface area contributed by atoms with Gasteiger partial charge in [0.25, 0.3) is 0 Å². The summed E-state index contributed by atoms with van der Waals surface area (Å²) in [6.07, 6.45) is 12.8. The summed E-state index contributed by atoms with van der Waals surface area (Å²) < 4.78 is 6.58. The van der Waals surface area contributed by atoms with Crippen LogP contribution in [-0.4, -0.2) is 24.8 Å². The summed E-state index contributed by atoms with van der Waals surface area (Å²) in [5, 5.41) is 3.50. The molecule has 110 valence electrons. The van der Waals surface area contributed by atoms with Gasteiger partial charge >= 0.3 is 0 Å². The molecule has 0 radical (unpaired) electrons. The van der Waals surface area contributed by atoms with E-state index in [-0.39, 0.29) is 0 Å². The SMILES string of the molecule is CC(C)CC1(CC2CCC3(CCCCC3)O2)CNC1. The Labute approximate surface area is 118 Å². The van der Waals surface area contributed by atoms with E-state index in [4.69, 9.17) is 4.74 Å². The van der Waals surface area contributed by atoms with Crippen molar-refractivity contribution in [3.8, 4) is 0 Å². The smallest absolute Gasteiger partial charge is 0.0687 e. The van der Waals surface area contributed by atoms with Gasteiger partial charge in [0.15, 0.2) is 0 Å². The third-order valence-corrected chi connectivity index (χ3v) is 5.61. The molecule has 0 aromatic heterocycles. The highest BCUT2D eigenvalue weighted by Gasteiger charge is 2.45. The zero-order valence-electron chi connectivity index (χ0n) is 12.8. The molecule has 1 saturated carbocycles. The van der Waals surface area contributed by atoms with Crippen molar-refractivity contribution in [1.82, 2.24) is 5.32 Å². The topological polar surface area (TPSA) is 21.3 Å². The van der Waals surface area contributed by atoms with E-state index in [0.717, 1.165) is 5.92 Å². The van der Waals surface area contributed by atoms with Crippen LogP contribution in [0.2, 0.25) is 0 Å². The standard InChI is InChI=1S/C17H31NO/c1-14(2)10-16(12-18-13-16)11-15-6-9-17(19-15)7-4-3-5-8-17/h14-15,18H,3-13H2,1-2H3. The first-order chi connectivity index (χ1) is 9.12. The van der Waals surface area contributed by atoms with Gasteiger partial charge in [-0.05, 0) is 49.9 Å². The third kappa shape index (κ3) is 3.00. The molecule has 3 rings (SSSR count). The van der Waals surface area contributed by atoms with Gasteiger partial charge in [-0.15, -0.1) is 0 Å². The van der Waals surface area contributed by atoms with Gasteiger partial charge in [0.2, 0.25) is 0 Å². The van der Waals surface area contributed by atoms with E-state index >= 15 is 0 Å². The van der Waals surface area contributed by atoms with Gasteiger partial charge in [0.1, 0.15) is 0 Å². The average molecular weight is 265 g/mol. The van der Waals surface area contributed by atoms with Crippen molar-refractivity contribution >= 4 is 0 Å². The fourth-order valence-electron chi connectivity index (χ4n) is 4.80. The summed E-state index contributed by atoms with van der Waals surface area (Å²) in [4.78, 5) is 0. The molecule has 1 aliphatic carbocycles. The van der Waals surface area contributed by atoms with E-state index in [1.165, 1.54) is 70.9 Å². The highest BCUT2D eigenvalue weighted by atomic mass is 16.5. The summed E-state index contributed by atoms with van der Waals surface area (Å²) in [5.41, 5.74) is 0.859. The van der Waals surface area contributed by atoms with Crippen molar-refractivity contribution in [2.24, 2.45) is 11.3 Å². The quantitative estimate of drug-likeness (QED) is 0.832. The van der Waals surface area contributed by atoms with E-state index in [1.54, 1.807) is 0 Å². The molecule has 1 unspecified atom stereocenters. The Bertz CT molecular complexity index is 302. The van der Waals surface area contributed by atoms with Crippen LogP contribution in [-0.2, 0) is 4.74 Å². The lowest BCUT2D eigenvalue weighted by Crippen LogP contribution is -2.55. The summed E-state index contributed by atoms with van der Waals surface area (Å²) in [6, 6.07) is 0. The normalized spacial score (nSPS) is 32.7. The van der Waals surface area contributed by atoms with Gasteiger partial charge in [-0.1, -0.05) is 33.1 Å². The van der Waals surface area contributed by atoms with E-state index < -0.39 is 0 Å². The lowest BCUT2D eigenvalue weighted by molar-refractivity contribution is -0.0838. The first-order valence-corrected chi connectivity index (χ1v) is 8.50. The van der Waals surface area contributed by atoms with Crippen LogP contribution in [0.3, 0.4) is 0 Å². The van der Waals surface area contributed by atoms with Crippen molar-refractivity contribution in [1.29, 1.82) is 0 Å². The number of hydrogen-bond donors (Lipinski definition) is 1. The maximum atomic E-state index is 6.58. The second-order valence-electron chi connectivity index (χ2n) is 7.93. The molecule has 0 aromatic carbocycles. The zero-order valence-corrected chi connectivity index (χ0v) is 12.8. The number of rotatable bonds is 4. The van der Waals surface area contributed by atoms with Crippen molar-refractivity contribution in [3.63, 3.8) is 0 Å². The van der Waals surface area contributed by atoms with Crippen molar-refractivity contribution < 1.29 is 4.74 Å². The maximum absolute atomic E-state index is 6.58. The minimum absolute atomic E-state index is 0.305. The molecule has 1 N–H and O–H groups in total. The van der Waals surface area contributed by atoms with Crippen LogP contribution >= 0.6 is 0 Å². The highest BCUT2D eigenvalue weighted by Crippen LogP contribution is 2.46. The third-order valence-electron chi connectivity index (χ3n) is 5.61. The van der Waals surface area contributed by atoms with Gasteiger partial charge in [0, 0.05) is 13.1 Å². The summed E-state index contributed by atoms with van der Waals surface area (Å²) in [7, 11) is 0. The highest BCUT2D eigenvalue weighted by molar-refractivity contribution is 4.98. The van der Waals surface area contributed by atoms with E-state index in [1.807, 2.05) is 0 Å². The summed E-state index contributed by atoms with van der Waals surface area (Å²) >= 11 is 0. The Kier molecular flexibility index (Phi) is 3.92. The van der Waals surface area contributed by atoms with Gasteiger partial charge in [-0.2, -0.15) is 0 Å². The molecule has 0 aromatic rings. The Morgan fingerprint density at radius 3 is 2.42 bits per heavy atom. The van der Waals surface area contributed by atoms with E-state index in [2.05, 4.69) is 19.2 Å². The van der Waals surface area contributed by atoms with Gasteiger partial charge in [-0.3, -0.25) is 0 Å². The maximum Gasteiger partial charge on any atom is 0.0687 e. The lowest BCUT2D eigenvalue weighted by atomic mass is 9.71. The molecule has 2 saturated heterocycles. The molecular formula is C17H31NO. The molecule has 1 atom stereocenters. The molecule has 1 spiro atoms. The van der Waals surface area contributed by atoms with Crippen molar-refractivity contribution in [2.45, 2.75) is 83.3 Å². The Morgan fingerprint density at radius 1 is 1.11 bits per heavy atom. The van der Waals surface area contributed by atoms with Crippen LogP contribution in [0.25, 0.3) is 0 Å². The molecule has 0 bridgehead atoms. The number of nitrogens with one attached hydrogen (secondary N) is 1. The fraction of sp³-hybridized carbons (Fsp3) is 1.00. The van der Waals surface area contributed by atoms with E-state index in [9.17, 15) is 0 Å². The molecule has 3 aliphatic rings. The number of ether oxygens (including phenoxy) is 1. The molecule has 19 heavy (non-hydrogen) atoms. The summed E-state index contributed by atoms with van der Waals surface area (Å²) in [5.74, 6) is 0.812. The Hall–Kier alpha value is -0.0800. The van der Waals surface area contributed by atoms with Crippen LogP contribution in [0.4, 0.5) is 0 Å². The molecule has 2 aliphatic heterocycles. The molecule has 3 fully saturated rings. The second-order valence-corrected chi connectivity index (χ2v) is 7.93. The number of hydrogen-bond acceptors (Lipinski definition) is 2. The summed E-state index contributed by atoms with van der Waals surface area (Å²) in [6.45, 7) is 7.16. The molecule has 2 heterocycles. The Balaban J connectivity index is 1.56. The molecular weight excluding hydrogens is 234 g/mol. The lowest BCUT2D eigenvalue weighted by Gasteiger charge is -2.46. The molecule has 2 heteroatoms. The monoisotopic (exact) mass is 265 g/mol. The largest absolute Gasteiger partial charge is 0.372 e. The predicted molar refractivity (Wildman–Crippen MR) is 79.3 cm³/mol. The molecule has 0 amide bonds. The van der Waals surface area contributed by atoms with Crippen LogP contribution in [0.15, 0.2) is 0 Å². The van der Waals surface area contributed by atoms with Gasteiger partial charge < -0.3 is 10.1 Å². The average Bonchev–Trinajstić information content (AvgIpc) is 2.69. The first-order valence-electron chi connectivity index (χ1n) is 8.50. The zero-order chi connectivity index (χ0) is 13.3.